The van der Waals surface area contributed by atoms with Crippen molar-refractivity contribution in [3.63, 3.8) is 0 Å². The Balaban J connectivity index is 2.04. The maximum atomic E-state index is 6.26. The highest BCUT2D eigenvalue weighted by Crippen LogP contribution is 2.29. The topological polar surface area (TPSA) is 53.1 Å². The second kappa shape index (κ2) is 5.32. The van der Waals surface area contributed by atoms with Gasteiger partial charge in [-0.3, -0.25) is 0 Å². The van der Waals surface area contributed by atoms with Crippen LogP contribution in [0.15, 0.2) is 54.7 Å². The summed E-state index contributed by atoms with van der Waals surface area (Å²) in [6.45, 7) is 2.05. The molecule has 106 valence electrons. The lowest BCUT2D eigenvalue weighted by molar-refractivity contribution is 0.415. The molecule has 0 radical (unpaired) electrons. The third-order valence-corrected chi connectivity index (χ3v) is 3.47. The third-order valence-electron chi connectivity index (χ3n) is 3.47. The van der Waals surface area contributed by atoms with Crippen LogP contribution < -0.4 is 10.5 Å². The molecule has 4 nitrogen and oxygen atoms in total. The minimum absolute atomic E-state index is 0.618. The van der Waals surface area contributed by atoms with Gasteiger partial charge in [0.2, 0.25) is 0 Å². The molecule has 0 aliphatic carbocycles. The molecule has 0 fully saturated rings. The van der Waals surface area contributed by atoms with Crippen molar-refractivity contribution in [2.75, 3.05) is 12.8 Å². The Bertz CT molecular complexity index is 760. The number of hydrogen-bond donors (Lipinski definition) is 1. The molecule has 0 spiro atoms. The molecule has 0 atom stereocenters. The number of ether oxygens (including phenoxy) is 1. The van der Waals surface area contributed by atoms with E-state index in [0.29, 0.717) is 5.82 Å². The van der Waals surface area contributed by atoms with Crippen LogP contribution >= 0.6 is 0 Å². The summed E-state index contributed by atoms with van der Waals surface area (Å²) in [6, 6.07) is 15.9. The zero-order chi connectivity index (χ0) is 14.8. The van der Waals surface area contributed by atoms with Crippen molar-refractivity contribution < 1.29 is 4.74 Å². The minimum Gasteiger partial charge on any atom is -0.497 e. The summed E-state index contributed by atoms with van der Waals surface area (Å²) in [5.41, 5.74) is 10.3. The first-order valence-electron chi connectivity index (χ1n) is 6.74. The Morgan fingerprint density at radius 3 is 2.57 bits per heavy atom. The summed E-state index contributed by atoms with van der Waals surface area (Å²) in [6.07, 6.45) is 1.78. The lowest BCUT2D eigenvalue weighted by Gasteiger charge is -2.07. The molecule has 2 aromatic carbocycles. The van der Waals surface area contributed by atoms with Crippen LogP contribution in [0.5, 0.6) is 5.75 Å². The zero-order valence-electron chi connectivity index (χ0n) is 12.1. The third kappa shape index (κ3) is 2.48. The second-order valence-electron chi connectivity index (χ2n) is 4.92. The molecule has 0 saturated heterocycles. The van der Waals surface area contributed by atoms with Gasteiger partial charge >= 0.3 is 0 Å². The van der Waals surface area contributed by atoms with E-state index in [9.17, 15) is 0 Å². The highest BCUT2D eigenvalue weighted by molar-refractivity contribution is 5.75. The fraction of sp³-hybridized carbons (Fsp3) is 0.118. The Labute approximate surface area is 123 Å². The summed E-state index contributed by atoms with van der Waals surface area (Å²) >= 11 is 0. The number of aromatic nitrogens is 2. The lowest BCUT2D eigenvalue weighted by Crippen LogP contribution is -2.02. The van der Waals surface area contributed by atoms with E-state index in [-0.39, 0.29) is 0 Å². The summed E-state index contributed by atoms with van der Waals surface area (Å²) in [4.78, 5) is 0. The maximum Gasteiger partial charge on any atom is 0.135 e. The van der Waals surface area contributed by atoms with E-state index in [4.69, 9.17) is 10.5 Å². The molecule has 1 aromatic heterocycles. The van der Waals surface area contributed by atoms with Gasteiger partial charge in [-0.2, -0.15) is 5.10 Å². The van der Waals surface area contributed by atoms with E-state index in [2.05, 4.69) is 12.0 Å². The van der Waals surface area contributed by atoms with Crippen molar-refractivity contribution in [3.8, 4) is 22.6 Å². The van der Waals surface area contributed by atoms with E-state index < -0.39 is 0 Å². The molecule has 3 aromatic rings. The Morgan fingerprint density at radius 1 is 1.10 bits per heavy atom. The Morgan fingerprint density at radius 2 is 1.86 bits per heavy atom. The molecule has 0 unspecified atom stereocenters. The van der Waals surface area contributed by atoms with Gasteiger partial charge in [0.25, 0.3) is 0 Å². The van der Waals surface area contributed by atoms with Gasteiger partial charge in [0.15, 0.2) is 0 Å². The molecular formula is C17H17N3O. The van der Waals surface area contributed by atoms with Crippen molar-refractivity contribution in [3.05, 3.63) is 60.3 Å². The van der Waals surface area contributed by atoms with Gasteiger partial charge in [0, 0.05) is 5.56 Å². The summed E-state index contributed by atoms with van der Waals surface area (Å²) in [5, 5.41) is 4.40. The van der Waals surface area contributed by atoms with E-state index in [1.165, 1.54) is 5.56 Å². The Hall–Kier alpha value is -2.75. The quantitative estimate of drug-likeness (QED) is 0.799. The summed E-state index contributed by atoms with van der Waals surface area (Å²) < 4.78 is 7.00. The maximum absolute atomic E-state index is 6.26. The van der Waals surface area contributed by atoms with Crippen molar-refractivity contribution in [1.82, 2.24) is 9.78 Å². The van der Waals surface area contributed by atoms with Crippen LogP contribution in [0.25, 0.3) is 16.8 Å². The lowest BCUT2D eigenvalue weighted by atomic mass is 10.1. The van der Waals surface area contributed by atoms with Gasteiger partial charge in [0.1, 0.15) is 11.6 Å². The number of hydrogen-bond acceptors (Lipinski definition) is 3. The number of nitrogens with two attached hydrogens (primary N) is 1. The smallest absolute Gasteiger partial charge is 0.135 e. The van der Waals surface area contributed by atoms with Crippen molar-refractivity contribution in [2.45, 2.75) is 6.92 Å². The molecule has 0 aliphatic rings. The van der Waals surface area contributed by atoms with Crippen LogP contribution in [0.1, 0.15) is 5.56 Å². The van der Waals surface area contributed by atoms with E-state index in [1.807, 2.05) is 48.5 Å². The van der Waals surface area contributed by atoms with Gasteiger partial charge in [0.05, 0.1) is 19.0 Å². The largest absolute Gasteiger partial charge is 0.497 e. The summed E-state index contributed by atoms with van der Waals surface area (Å²) in [5.74, 6) is 1.42. The average Bonchev–Trinajstić information content (AvgIpc) is 2.90. The van der Waals surface area contributed by atoms with Gasteiger partial charge in [-0.1, -0.05) is 29.8 Å². The normalized spacial score (nSPS) is 10.6. The van der Waals surface area contributed by atoms with Gasteiger partial charge in [-0.25, -0.2) is 4.68 Å². The number of nitrogen functional groups attached to an aromatic ring is 1. The van der Waals surface area contributed by atoms with Crippen LogP contribution in [0.2, 0.25) is 0 Å². The number of nitrogens with zero attached hydrogens (tertiary/aromatic N) is 2. The van der Waals surface area contributed by atoms with Crippen molar-refractivity contribution >= 4 is 5.82 Å². The monoisotopic (exact) mass is 279 g/mol. The molecule has 0 amide bonds. The standard InChI is InChI=1S/C17H17N3O/c1-12-6-8-14(9-7-12)20-17(18)16(11-19-20)13-4-3-5-15(10-13)21-2/h3-11H,18H2,1-2H3. The first-order chi connectivity index (χ1) is 10.2. The second-order valence-corrected chi connectivity index (χ2v) is 4.92. The zero-order valence-corrected chi connectivity index (χ0v) is 12.1. The van der Waals surface area contributed by atoms with Gasteiger partial charge in [-0.05, 0) is 36.8 Å². The van der Waals surface area contributed by atoms with E-state index in [1.54, 1.807) is 18.0 Å². The molecule has 3 rings (SSSR count). The number of rotatable bonds is 3. The number of aryl methyl sites for hydroxylation is 1. The van der Waals surface area contributed by atoms with Crippen LogP contribution in [0.3, 0.4) is 0 Å². The van der Waals surface area contributed by atoms with Gasteiger partial charge < -0.3 is 10.5 Å². The highest BCUT2D eigenvalue weighted by Gasteiger charge is 2.11. The average molecular weight is 279 g/mol. The Kier molecular flexibility index (Phi) is 3.36. The fourth-order valence-electron chi connectivity index (χ4n) is 2.26. The highest BCUT2D eigenvalue weighted by atomic mass is 16.5. The van der Waals surface area contributed by atoms with E-state index in [0.717, 1.165) is 22.6 Å². The molecule has 1 heterocycles. The number of methoxy groups -OCH3 is 1. The number of benzene rings is 2. The predicted molar refractivity (Wildman–Crippen MR) is 84.7 cm³/mol. The predicted octanol–water partition coefficient (Wildman–Crippen LogP) is 3.44. The molecule has 21 heavy (non-hydrogen) atoms. The van der Waals surface area contributed by atoms with Gasteiger partial charge in [-0.15, -0.1) is 0 Å². The first-order valence-corrected chi connectivity index (χ1v) is 6.74. The molecule has 0 aliphatic heterocycles. The SMILES string of the molecule is COc1cccc(-c2cnn(-c3ccc(C)cc3)c2N)c1. The van der Waals surface area contributed by atoms with Crippen LogP contribution in [0.4, 0.5) is 5.82 Å². The van der Waals surface area contributed by atoms with Crippen LogP contribution in [-0.4, -0.2) is 16.9 Å². The molecular weight excluding hydrogens is 262 g/mol. The number of anilines is 1. The van der Waals surface area contributed by atoms with Crippen molar-refractivity contribution in [1.29, 1.82) is 0 Å². The molecule has 0 bridgehead atoms. The first kappa shape index (κ1) is 13.2. The fourth-order valence-corrected chi connectivity index (χ4v) is 2.26. The molecule has 4 heteroatoms. The summed E-state index contributed by atoms with van der Waals surface area (Å²) in [7, 11) is 1.65. The van der Waals surface area contributed by atoms with E-state index >= 15 is 0 Å². The molecule has 2 N–H and O–H groups in total. The minimum atomic E-state index is 0.618. The van der Waals surface area contributed by atoms with Crippen molar-refractivity contribution in [2.24, 2.45) is 0 Å². The molecule has 0 saturated carbocycles. The van der Waals surface area contributed by atoms with Crippen LogP contribution in [-0.2, 0) is 0 Å². The van der Waals surface area contributed by atoms with Crippen LogP contribution in [0, 0.1) is 6.92 Å².